The predicted molar refractivity (Wildman–Crippen MR) is 75.0 cm³/mol. The fourth-order valence-electron chi connectivity index (χ4n) is 3.00. The number of nitrogens with two attached hydrogens (primary N) is 1. The zero-order valence-corrected chi connectivity index (χ0v) is 12.2. The molecule has 1 amide bonds. The molecule has 2 N–H and O–H groups in total. The van der Waals surface area contributed by atoms with Gasteiger partial charge in [0, 0.05) is 38.1 Å². The predicted octanol–water partition coefficient (Wildman–Crippen LogP) is -0.179. The number of rotatable bonds is 3. The second-order valence-corrected chi connectivity index (χ2v) is 5.79. The Morgan fingerprint density at radius 3 is 2.25 bits per heavy atom. The maximum atomic E-state index is 12.4. The number of piperazine rings is 1. The van der Waals surface area contributed by atoms with Crippen molar-refractivity contribution in [3.8, 4) is 0 Å². The molecule has 0 bridgehead atoms. The highest BCUT2D eigenvalue weighted by Gasteiger charge is 2.30. The van der Waals surface area contributed by atoms with E-state index < -0.39 is 0 Å². The molecule has 6 heteroatoms. The summed E-state index contributed by atoms with van der Waals surface area (Å²) in [5.74, 6) is 0.211. The Hall–Kier alpha value is -1.14. The van der Waals surface area contributed by atoms with Crippen LogP contribution in [0, 0.1) is 5.92 Å². The van der Waals surface area contributed by atoms with Crippen LogP contribution in [0.5, 0.6) is 0 Å². The number of carbonyl (C=O) groups is 2. The van der Waals surface area contributed by atoms with Gasteiger partial charge in [-0.3, -0.25) is 14.5 Å². The molecule has 114 valence electrons. The van der Waals surface area contributed by atoms with Crippen molar-refractivity contribution in [3.63, 3.8) is 0 Å². The topological polar surface area (TPSA) is 75.9 Å². The van der Waals surface area contributed by atoms with Crippen LogP contribution in [0.25, 0.3) is 0 Å². The molecule has 2 fully saturated rings. The van der Waals surface area contributed by atoms with E-state index in [9.17, 15) is 9.59 Å². The highest BCUT2D eigenvalue weighted by molar-refractivity contribution is 5.79. The maximum Gasteiger partial charge on any atom is 0.319 e. The fourth-order valence-corrected chi connectivity index (χ4v) is 3.00. The fraction of sp³-hybridized carbons (Fsp3) is 0.857. The quantitative estimate of drug-likeness (QED) is 0.727. The van der Waals surface area contributed by atoms with E-state index in [1.54, 1.807) is 0 Å². The molecule has 2 aliphatic rings. The van der Waals surface area contributed by atoms with Crippen LogP contribution in [-0.2, 0) is 14.3 Å². The van der Waals surface area contributed by atoms with Crippen molar-refractivity contribution in [2.45, 2.75) is 31.7 Å². The van der Waals surface area contributed by atoms with Gasteiger partial charge in [-0.1, -0.05) is 0 Å². The van der Waals surface area contributed by atoms with Crippen LogP contribution in [0.1, 0.15) is 25.7 Å². The minimum absolute atomic E-state index is 0.155. The molecule has 1 saturated heterocycles. The van der Waals surface area contributed by atoms with Crippen LogP contribution >= 0.6 is 0 Å². The Bertz CT molecular complexity index is 346. The first-order valence-electron chi connectivity index (χ1n) is 7.43. The number of carbonyl (C=O) groups excluding carboxylic acids is 2. The van der Waals surface area contributed by atoms with Crippen molar-refractivity contribution in [2.24, 2.45) is 11.7 Å². The highest BCUT2D eigenvalue weighted by Crippen LogP contribution is 2.25. The third kappa shape index (κ3) is 3.93. The monoisotopic (exact) mass is 283 g/mol. The standard InChI is InChI=1S/C14H25N3O3/c1-20-13(18)10-16-6-8-17(9-7-16)14(19)11-2-4-12(15)5-3-11/h11-12H,2-10,15H2,1H3. The molecule has 2 rings (SSSR count). The van der Waals surface area contributed by atoms with Gasteiger partial charge in [-0.15, -0.1) is 0 Å². The molecule has 1 aliphatic heterocycles. The van der Waals surface area contributed by atoms with Crippen molar-refractivity contribution in [3.05, 3.63) is 0 Å². The summed E-state index contributed by atoms with van der Waals surface area (Å²) in [6.45, 7) is 3.22. The molecule has 0 spiro atoms. The van der Waals surface area contributed by atoms with Crippen molar-refractivity contribution in [1.82, 2.24) is 9.80 Å². The molecular weight excluding hydrogens is 258 g/mol. The van der Waals surface area contributed by atoms with Crippen LogP contribution in [0.2, 0.25) is 0 Å². The summed E-state index contributed by atoms with van der Waals surface area (Å²) in [5.41, 5.74) is 5.88. The van der Waals surface area contributed by atoms with Gasteiger partial charge in [-0.25, -0.2) is 0 Å². The van der Waals surface area contributed by atoms with E-state index in [2.05, 4.69) is 4.74 Å². The van der Waals surface area contributed by atoms with Crippen LogP contribution in [0.15, 0.2) is 0 Å². The molecule has 6 nitrogen and oxygen atoms in total. The third-order valence-corrected chi connectivity index (χ3v) is 4.39. The lowest BCUT2D eigenvalue weighted by Crippen LogP contribution is -2.51. The highest BCUT2D eigenvalue weighted by atomic mass is 16.5. The average molecular weight is 283 g/mol. The number of hydrogen-bond acceptors (Lipinski definition) is 5. The normalized spacial score (nSPS) is 28.2. The Kier molecular flexibility index (Phi) is 5.37. The molecule has 1 heterocycles. The molecular formula is C14H25N3O3. The van der Waals surface area contributed by atoms with E-state index in [0.717, 1.165) is 38.8 Å². The second kappa shape index (κ2) is 7.04. The van der Waals surface area contributed by atoms with Crippen LogP contribution in [0.3, 0.4) is 0 Å². The van der Waals surface area contributed by atoms with Gasteiger partial charge < -0.3 is 15.4 Å². The van der Waals surface area contributed by atoms with E-state index in [-0.39, 0.29) is 23.8 Å². The first-order valence-corrected chi connectivity index (χ1v) is 7.43. The van der Waals surface area contributed by atoms with Gasteiger partial charge in [-0.2, -0.15) is 0 Å². The number of ether oxygens (including phenoxy) is 1. The lowest BCUT2D eigenvalue weighted by Gasteiger charge is -2.37. The van der Waals surface area contributed by atoms with Crippen molar-refractivity contribution in [1.29, 1.82) is 0 Å². The van der Waals surface area contributed by atoms with Crippen molar-refractivity contribution in [2.75, 3.05) is 39.8 Å². The molecule has 1 aliphatic carbocycles. The van der Waals surface area contributed by atoms with Gasteiger partial charge >= 0.3 is 5.97 Å². The molecule has 0 radical (unpaired) electrons. The Morgan fingerprint density at radius 1 is 1.10 bits per heavy atom. The van der Waals surface area contributed by atoms with Crippen molar-refractivity contribution < 1.29 is 14.3 Å². The van der Waals surface area contributed by atoms with Crippen LogP contribution in [-0.4, -0.2) is 67.6 Å². The number of esters is 1. The van der Waals surface area contributed by atoms with Gasteiger partial charge in [0.1, 0.15) is 0 Å². The van der Waals surface area contributed by atoms with E-state index in [4.69, 9.17) is 5.73 Å². The third-order valence-electron chi connectivity index (χ3n) is 4.39. The lowest BCUT2D eigenvalue weighted by molar-refractivity contribution is -0.143. The lowest BCUT2D eigenvalue weighted by atomic mass is 9.85. The van der Waals surface area contributed by atoms with E-state index >= 15 is 0 Å². The molecule has 0 aromatic carbocycles. The number of amides is 1. The molecule has 0 atom stereocenters. The first-order chi connectivity index (χ1) is 9.60. The molecule has 1 saturated carbocycles. The summed E-state index contributed by atoms with van der Waals surface area (Å²) in [6.07, 6.45) is 3.75. The van der Waals surface area contributed by atoms with E-state index in [1.807, 2.05) is 9.80 Å². The van der Waals surface area contributed by atoms with Gasteiger partial charge in [0.05, 0.1) is 13.7 Å². The van der Waals surface area contributed by atoms with Gasteiger partial charge in [0.15, 0.2) is 0 Å². The Balaban J connectivity index is 1.75. The maximum absolute atomic E-state index is 12.4. The first kappa shape index (κ1) is 15.3. The van der Waals surface area contributed by atoms with Gasteiger partial charge in [-0.05, 0) is 25.7 Å². The summed E-state index contributed by atoms with van der Waals surface area (Å²) in [7, 11) is 1.40. The minimum atomic E-state index is -0.217. The molecule has 0 aromatic heterocycles. The molecule has 0 aromatic rings. The van der Waals surface area contributed by atoms with Crippen LogP contribution < -0.4 is 5.73 Å². The summed E-state index contributed by atoms with van der Waals surface area (Å²) in [6, 6.07) is 0.274. The number of nitrogens with zero attached hydrogens (tertiary/aromatic N) is 2. The van der Waals surface area contributed by atoms with E-state index in [0.29, 0.717) is 19.6 Å². The minimum Gasteiger partial charge on any atom is -0.468 e. The summed E-state index contributed by atoms with van der Waals surface area (Å²) >= 11 is 0. The Labute approximate surface area is 120 Å². The van der Waals surface area contributed by atoms with Crippen molar-refractivity contribution >= 4 is 11.9 Å². The zero-order chi connectivity index (χ0) is 14.5. The SMILES string of the molecule is COC(=O)CN1CCN(C(=O)C2CCC(N)CC2)CC1. The summed E-state index contributed by atoms with van der Waals surface area (Å²) in [4.78, 5) is 27.6. The average Bonchev–Trinajstić information content (AvgIpc) is 2.48. The zero-order valence-electron chi connectivity index (χ0n) is 12.2. The van der Waals surface area contributed by atoms with Gasteiger partial charge in [0.25, 0.3) is 0 Å². The largest absolute Gasteiger partial charge is 0.468 e. The molecule has 0 unspecified atom stereocenters. The van der Waals surface area contributed by atoms with E-state index in [1.165, 1.54) is 7.11 Å². The van der Waals surface area contributed by atoms with Crippen LogP contribution in [0.4, 0.5) is 0 Å². The van der Waals surface area contributed by atoms with Gasteiger partial charge in [0.2, 0.25) is 5.91 Å². The number of methoxy groups -OCH3 is 1. The Morgan fingerprint density at radius 2 is 1.70 bits per heavy atom. The number of hydrogen-bond donors (Lipinski definition) is 1. The molecule has 20 heavy (non-hydrogen) atoms. The second-order valence-electron chi connectivity index (χ2n) is 5.79. The summed E-state index contributed by atoms with van der Waals surface area (Å²) < 4.78 is 4.66. The smallest absolute Gasteiger partial charge is 0.319 e. The summed E-state index contributed by atoms with van der Waals surface area (Å²) in [5, 5.41) is 0.